The number of fused-ring (bicyclic) bond motifs is 1. The molecule has 148 valence electrons. The Labute approximate surface area is 173 Å². The molecule has 4 nitrogen and oxygen atoms in total. The zero-order chi connectivity index (χ0) is 20.5. The van der Waals surface area contributed by atoms with E-state index in [9.17, 15) is 0 Å². The number of nitrogens with zero attached hydrogens (tertiary/aromatic N) is 4. The van der Waals surface area contributed by atoms with Crippen LogP contribution in [0.4, 0.5) is 11.4 Å². The molecule has 0 radical (unpaired) electrons. The number of rotatable bonds is 5. The first kappa shape index (κ1) is 19.1. The molecule has 0 amide bonds. The molecule has 0 aliphatic heterocycles. The second-order valence-electron chi connectivity index (χ2n) is 8.02. The Morgan fingerprint density at radius 2 is 1.24 bits per heavy atom. The van der Waals surface area contributed by atoms with Gasteiger partial charge in [0.25, 0.3) is 0 Å². The number of hydrogen-bond acceptors (Lipinski definition) is 3. The summed E-state index contributed by atoms with van der Waals surface area (Å²) >= 11 is 0. The van der Waals surface area contributed by atoms with E-state index in [0.29, 0.717) is 0 Å². The van der Waals surface area contributed by atoms with Crippen molar-refractivity contribution in [2.24, 2.45) is 0 Å². The lowest BCUT2D eigenvalue weighted by Gasteiger charge is -2.23. The molecule has 0 aliphatic rings. The van der Waals surface area contributed by atoms with Crippen LogP contribution in [0, 0.1) is 6.92 Å². The maximum absolute atomic E-state index is 4.69. The van der Waals surface area contributed by atoms with Gasteiger partial charge in [-0.3, -0.25) is 0 Å². The zero-order valence-electron chi connectivity index (χ0n) is 17.8. The summed E-state index contributed by atoms with van der Waals surface area (Å²) in [5.74, 6) is 0. The maximum atomic E-state index is 4.69. The van der Waals surface area contributed by atoms with Crippen molar-refractivity contribution in [3.05, 3.63) is 89.7 Å². The number of imidazole rings is 1. The second kappa shape index (κ2) is 7.63. The third-order valence-electron chi connectivity index (χ3n) is 5.46. The van der Waals surface area contributed by atoms with E-state index in [2.05, 4.69) is 121 Å². The van der Waals surface area contributed by atoms with E-state index in [4.69, 9.17) is 0 Å². The number of benzene rings is 3. The maximum Gasteiger partial charge on any atom is 0.0966 e. The molecule has 0 saturated carbocycles. The molecule has 1 aromatic heterocycles. The van der Waals surface area contributed by atoms with Crippen LogP contribution in [-0.4, -0.2) is 37.7 Å². The Morgan fingerprint density at radius 1 is 0.724 bits per heavy atom. The molecule has 0 atom stereocenters. The third kappa shape index (κ3) is 3.70. The van der Waals surface area contributed by atoms with Crippen LogP contribution >= 0.6 is 0 Å². The number of aromatic nitrogens is 2. The van der Waals surface area contributed by atoms with Gasteiger partial charge in [-0.05, 0) is 60.0 Å². The standard InChI is InChI=1S/C25H28N4/c1-18-6-15-24-23(16-18)26-17-29(24)25(19-7-11-21(12-8-19)27(2)3)20-9-13-22(14-10-20)28(4)5/h6-17,25H,1-5H3. The first-order chi connectivity index (χ1) is 13.9. The average Bonchev–Trinajstić information content (AvgIpc) is 3.11. The molecule has 0 aliphatic carbocycles. The molecule has 29 heavy (non-hydrogen) atoms. The minimum atomic E-state index is 0.0649. The van der Waals surface area contributed by atoms with Gasteiger partial charge in [0, 0.05) is 39.6 Å². The molecule has 0 fully saturated rings. The van der Waals surface area contributed by atoms with Gasteiger partial charge in [0.1, 0.15) is 0 Å². The van der Waals surface area contributed by atoms with Gasteiger partial charge in [-0.25, -0.2) is 4.98 Å². The fourth-order valence-corrected chi connectivity index (χ4v) is 3.77. The molecule has 3 aromatic carbocycles. The minimum Gasteiger partial charge on any atom is -0.378 e. The Morgan fingerprint density at radius 3 is 1.72 bits per heavy atom. The quantitative estimate of drug-likeness (QED) is 0.478. The van der Waals surface area contributed by atoms with Crippen LogP contribution < -0.4 is 9.80 Å². The number of aryl methyl sites for hydroxylation is 1. The first-order valence-corrected chi connectivity index (χ1v) is 9.92. The van der Waals surface area contributed by atoms with Crippen molar-refractivity contribution < 1.29 is 0 Å². The van der Waals surface area contributed by atoms with Crippen LogP contribution in [0.3, 0.4) is 0 Å². The predicted molar refractivity (Wildman–Crippen MR) is 123 cm³/mol. The lowest BCUT2D eigenvalue weighted by Crippen LogP contribution is -2.13. The summed E-state index contributed by atoms with van der Waals surface area (Å²) < 4.78 is 2.28. The van der Waals surface area contributed by atoms with Gasteiger partial charge in [-0.15, -0.1) is 0 Å². The highest BCUT2D eigenvalue weighted by molar-refractivity contribution is 5.76. The smallest absolute Gasteiger partial charge is 0.0966 e. The molecule has 0 spiro atoms. The highest BCUT2D eigenvalue weighted by Gasteiger charge is 2.19. The van der Waals surface area contributed by atoms with Gasteiger partial charge >= 0.3 is 0 Å². The van der Waals surface area contributed by atoms with E-state index >= 15 is 0 Å². The molecule has 4 rings (SSSR count). The molecule has 0 saturated heterocycles. The fraction of sp³-hybridized carbons (Fsp3) is 0.240. The van der Waals surface area contributed by atoms with E-state index in [0.717, 1.165) is 11.0 Å². The lowest BCUT2D eigenvalue weighted by atomic mass is 9.97. The van der Waals surface area contributed by atoms with Gasteiger partial charge in [0.15, 0.2) is 0 Å². The van der Waals surface area contributed by atoms with E-state index in [1.807, 2.05) is 6.33 Å². The van der Waals surface area contributed by atoms with Crippen molar-refractivity contribution in [3.8, 4) is 0 Å². The van der Waals surface area contributed by atoms with Gasteiger partial charge in [0.2, 0.25) is 0 Å². The molecule has 0 bridgehead atoms. The van der Waals surface area contributed by atoms with E-state index in [1.54, 1.807) is 0 Å². The van der Waals surface area contributed by atoms with Crippen LogP contribution in [0.1, 0.15) is 22.7 Å². The molecular formula is C25H28N4. The zero-order valence-corrected chi connectivity index (χ0v) is 17.8. The molecule has 0 N–H and O–H groups in total. The Bertz CT molecular complexity index is 1050. The predicted octanol–water partition coefficient (Wildman–Crippen LogP) is 5.11. The van der Waals surface area contributed by atoms with E-state index < -0.39 is 0 Å². The summed E-state index contributed by atoms with van der Waals surface area (Å²) in [7, 11) is 8.27. The topological polar surface area (TPSA) is 24.3 Å². The van der Waals surface area contributed by atoms with Crippen molar-refractivity contribution in [3.63, 3.8) is 0 Å². The van der Waals surface area contributed by atoms with Crippen molar-refractivity contribution in [1.29, 1.82) is 0 Å². The van der Waals surface area contributed by atoms with Crippen LogP contribution in [0.5, 0.6) is 0 Å². The van der Waals surface area contributed by atoms with Crippen LogP contribution in [0.25, 0.3) is 11.0 Å². The molecule has 1 heterocycles. The molecule has 4 heteroatoms. The van der Waals surface area contributed by atoms with Crippen LogP contribution in [-0.2, 0) is 0 Å². The van der Waals surface area contributed by atoms with Crippen molar-refractivity contribution in [2.75, 3.05) is 38.0 Å². The van der Waals surface area contributed by atoms with E-state index in [1.165, 1.54) is 28.1 Å². The van der Waals surface area contributed by atoms with Crippen LogP contribution in [0.2, 0.25) is 0 Å². The third-order valence-corrected chi connectivity index (χ3v) is 5.46. The largest absolute Gasteiger partial charge is 0.378 e. The minimum absolute atomic E-state index is 0.0649. The summed E-state index contributed by atoms with van der Waals surface area (Å²) in [4.78, 5) is 8.94. The average molecular weight is 385 g/mol. The molecular weight excluding hydrogens is 356 g/mol. The monoisotopic (exact) mass is 384 g/mol. The van der Waals surface area contributed by atoms with Gasteiger partial charge in [0.05, 0.1) is 23.4 Å². The Kier molecular flexibility index (Phi) is 5.01. The van der Waals surface area contributed by atoms with Gasteiger partial charge in [-0.2, -0.15) is 0 Å². The SMILES string of the molecule is Cc1ccc2c(c1)ncn2C(c1ccc(N(C)C)cc1)c1ccc(N(C)C)cc1. The van der Waals surface area contributed by atoms with Gasteiger partial charge < -0.3 is 14.4 Å². The lowest BCUT2D eigenvalue weighted by molar-refractivity contribution is 0.697. The summed E-state index contributed by atoms with van der Waals surface area (Å²) in [6, 6.07) is 24.1. The van der Waals surface area contributed by atoms with Crippen molar-refractivity contribution >= 4 is 22.4 Å². The van der Waals surface area contributed by atoms with Gasteiger partial charge in [-0.1, -0.05) is 30.3 Å². The summed E-state index contributed by atoms with van der Waals surface area (Å²) in [6.07, 6.45) is 1.97. The van der Waals surface area contributed by atoms with Crippen molar-refractivity contribution in [1.82, 2.24) is 9.55 Å². The number of anilines is 2. The molecule has 0 unspecified atom stereocenters. The van der Waals surface area contributed by atoms with Crippen molar-refractivity contribution in [2.45, 2.75) is 13.0 Å². The Balaban J connectivity index is 1.86. The summed E-state index contributed by atoms with van der Waals surface area (Å²) in [6.45, 7) is 2.11. The summed E-state index contributed by atoms with van der Waals surface area (Å²) in [5, 5.41) is 0. The van der Waals surface area contributed by atoms with E-state index in [-0.39, 0.29) is 6.04 Å². The normalized spacial score (nSPS) is 11.2. The number of hydrogen-bond donors (Lipinski definition) is 0. The Hall–Kier alpha value is -3.27. The van der Waals surface area contributed by atoms with Crippen LogP contribution in [0.15, 0.2) is 73.1 Å². The summed E-state index contributed by atoms with van der Waals surface area (Å²) in [5.41, 5.74) is 8.29. The first-order valence-electron chi connectivity index (χ1n) is 9.92. The second-order valence-corrected chi connectivity index (χ2v) is 8.02. The molecule has 4 aromatic rings. The fourth-order valence-electron chi connectivity index (χ4n) is 3.77. The highest BCUT2D eigenvalue weighted by Crippen LogP contribution is 2.32. The highest BCUT2D eigenvalue weighted by atomic mass is 15.1.